The molecule has 1 fully saturated rings. The van der Waals surface area contributed by atoms with Gasteiger partial charge in [-0.25, -0.2) is 9.59 Å². The molecule has 1 aliphatic rings. The van der Waals surface area contributed by atoms with E-state index < -0.39 is 12.1 Å². The van der Waals surface area contributed by atoms with Crippen molar-refractivity contribution in [3.63, 3.8) is 0 Å². The summed E-state index contributed by atoms with van der Waals surface area (Å²) in [6.07, 6.45) is 4.60. The molecule has 1 aliphatic carbocycles. The molecule has 1 aromatic rings. The van der Waals surface area contributed by atoms with Gasteiger partial charge in [-0.1, -0.05) is 0 Å². The number of carbonyl (C=O) groups excluding carboxylic acids is 1. The molecule has 0 atom stereocenters. The normalized spacial score (nSPS) is 15.6. The van der Waals surface area contributed by atoms with Crippen molar-refractivity contribution < 1.29 is 19.4 Å². The first-order valence-electron chi connectivity index (χ1n) is 5.81. The van der Waals surface area contributed by atoms with Gasteiger partial charge in [0.1, 0.15) is 6.10 Å². The van der Waals surface area contributed by atoms with E-state index in [1.165, 1.54) is 10.9 Å². The zero-order chi connectivity index (χ0) is 13.1. The Morgan fingerprint density at radius 2 is 2.17 bits per heavy atom. The zero-order valence-corrected chi connectivity index (χ0v) is 10.0. The van der Waals surface area contributed by atoms with E-state index in [0.29, 0.717) is 0 Å². The maximum absolute atomic E-state index is 11.6. The first-order chi connectivity index (χ1) is 8.56. The second-order valence-corrected chi connectivity index (χ2v) is 4.31. The van der Waals surface area contributed by atoms with Gasteiger partial charge >= 0.3 is 12.1 Å². The van der Waals surface area contributed by atoms with Gasteiger partial charge in [0.25, 0.3) is 0 Å². The Balaban J connectivity index is 1.99. The smallest absolute Gasteiger partial charge is 0.412 e. The van der Waals surface area contributed by atoms with E-state index in [4.69, 9.17) is 9.84 Å². The first kappa shape index (κ1) is 12.4. The number of hydrogen-bond donors (Lipinski definition) is 2. The Morgan fingerprint density at radius 1 is 1.50 bits per heavy atom. The molecule has 7 nitrogen and oxygen atoms in total. The molecule has 0 saturated heterocycles. The maximum atomic E-state index is 11.6. The van der Waals surface area contributed by atoms with Gasteiger partial charge in [0.05, 0.1) is 5.69 Å². The number of rotatable bonds is 3. The lowest BCUT2D eigenvalue weighted by molar-refractivity contribution is 0.0690. The van der Waals surface area contributed by atoms with Gasteiger partial charge in [-0.3, -0.25) is 10.00 Å². The van der Waals surface area contributed by atoms with Crippen molar-refractivity contribution in [3.8, 4) is 0 Å². The van der Waals surface area contributed by atoms with Crippen molar-refractivity contribution in [2.45, 2.75) is 31.8 Å². The summed E-state index contributed by atoms with van der Waals surface area (Å²) in [6.45, 7) is 0. The van der Waals surface area contributed by atoms with Crippen LogP contribution in [0.4, 0.5) is 10.5 Å². The SMILES string of the molecule is Cn1cc(NC(=O)OC2CCCC2)c(C(=O)O)n1. The number of hydrogen-bond acceptors (Lipinski definition) is 4. The topological polar surface area (TPSA) is 93.5 Å². The van der Waals surface area contributed by atoms with Gasteiger partial charge in [-0.15, -0.1) is 0 Å². The highest BCUT2D eigenvalue weighted by molar-refractivity contribution is 5.96. The highest BCUT2D eigenvalue weighted by Gasteiger charge is 2.21. The van der Waals surface area contributed by atoms with E-state index in [1.807, 2.05) is 0 Å². The van der Waals surface area contributed by atoms with Crippen LogP contribution in [0.5, 0.6) is 0 Å². The largest absolute Gasteiger partial charge is 0.476 e. The molecule has 1 heterocycles. The van der Waals surface area contributed by atoms with Gasteiger partial charge < -0.3 is 9.84 Å². The van der Waals surface area contributed by atoms with Crippen molar-refractivity contribution >= 4 is 17.7 Å². The number of carboxylic acid groups (broad SMARTS) is 1. The number of carbonyl (C=O) groups is 2. The molecule has 0 aliphatic heterocycles. The minimum Gasteiger partial charge on any atom is -0.476 e. The van der Waals surface area contributed by atoms with Crippen LogP contribution in [0.25, 0.3) is 0 Å². The lowest BCUT2D eigenvalue weighted by Gasteiger charge is -2.11. The Labute approximate surface area is 104 Å². The second kappa shape index (κ2) is 5.07. The Morgan fingerprint density at radius 3 is 2.78 bits per heavy atom. The molecule has 1 aromatic heterocycles. The molecule has 2 rings (SSSR count). The third-order valence-corrected chi connectivity index (χ3v) is 2.84. The standard InChI is InChI=1S/C11H15N3O4/c1-14-6-8(9(13-14)10(15)16)12-11(17)18-7-4-2-3-5-7/h6-7H,2-5H2,1H3,(H,12,17)(H,15,16). The molecule has 18 heavy (non-hydrogen) atoms. The number of nitrogens with one attached hydrogen (secondary N) is 1. The minimum absolute atomic E-state index is 0.0602. The fraction of sp³-hybridized carbons (Fsp3) is 0.545. The van der Waals surface area contributed by atoms with Gasteiger partial charge in [0.2, 0.25) is 0 Å². The number of aromatic carboxylic acids is 1. The molecule has 0 aromatic carbocycles. The van der Waals surface area contributed by atoms with Crippen LogP contribution in [0, 0.1) is 0 Å². The summed E-state index contributed by atoms with van der Waals surface area (Å²) in [5.41, 5.74) is -0.0473. The molecule has 1 saturated carbocycles. The summed E-state index contributed by atoms with van der Waals surface area (Å²) in [5.74, 6) is -1.19. The summed E-state index contributed by atoms with van der Waals surface area (Å²) >= 11 is 0. The second-order valence-electron chi connectivity index (χ2n) is 4.31. The molecule has 0 radical (unpaired) electrons. The number of aryl methyl sites for hydroxylation is 1. The van der Waals surface area contributed by atoms with Gasteiger partial charge in [-0.2, -0.15) is 5.10 Å². The highest BCUT2D eigenvalue weighted by atomic mass is 16.6. The number of carboxylic acids is 1. The van der Waals surface area contributed by atoms with Crippen LogP contribution in [0.1, 0.15) is 36.2 Å². The lowest BCUT2D eigenvalue weighted by Crippen LogP contribution is -2.21. The van der Waals surface area contributed by atoms with Crippen LogP contribution in [-0.2, 0) is 11.8 Å². The summed E-state index contributed by atoms with van der Waals surface area (Å²) in [4.78, 5) is 22.5. The lowest BCUT2D eigenvalue weighted by atomic mass is 10.3. The van der Waals surface area contributed by atoms with Crippen molar-refractivity contribution in [1.29, 1.82) is 0 Å². The van der Waals surface area contributed by atoms with Crippen LogP contribution in [0.2, 0.25) is 0 Å². The van der Waals surface area contributed by atoms with E-state index in [2.05, 4.69) is 10.4 Å². The number of aromatic nitrogens is 2. The highest BCUT2D eigenvalue weighted by Crippen LogP contribution is 2.22. The maximum Gasteiger partial charge on any atom is 0.412 e. The average Bonchev–Trinajstić information content (AvgIpc) is 2.88. The van der Waals surface area contributed by atoms with E-state index in [-0.39, 0.29) is 17.5 Å². The minimum atomic E-state index is -1.19. The molecule has 2 N–H and O–H groups in total. The van der Waals surface area contributed by atoms with Gasteiger partial charge in [0.15, 0.2) is 5.69 Å². The van der Waals surface area contributed by atoms with Crippen molar-refractivity contribution in [2.75, 3.05) is 5.32 Å². The predicted molar refractivity (Wildman–Crippen MR) is 62.5 cm³/mol. The van der Waals surface area contributed by atoms with E-state index in [0.717, 1.165) is 25.7 Å². The zero-order valence-electron chi connectivity index (χ0n) is 10.0. The molecule has 98 valence electrons. The Hall–Kier alpha value is -2.05. The fourth-order valence-electron chi connectivity index (χ4n) is 2.03. The average molecular weight is 253 g/mol. The number of nitrogens with zero attached hydrogens (tertiary/aromatic N) is 2. The van der Waals surface area contributed by atoms with E-state index >= 15 is 0 Å². The van der Waals surface area contributed by atoms with E-state index in [1.54, 1.807) is 7.05 Å². The van der Waals surface area contributed by atoms with Crippen LogP contribution in [0.3, 0.4) is 0 Å². The van der Waals surface area contributed by atoms with Crippen molar-refractivity contribution in [1.82, 2.24) is 9.78 Å². The summed E-state index contributed by atoms with van der Waals surface area (Å²) in [7, 11) is 1.58. The molecule has 0 unspecified atom stereocenters. The summed E-state index contributed by atoms with van der Waals surface area (Å²) in [6, 6.07) is 0. The molecular formula is C11H15N3O4. The first-order valence-corrected chi connectivity index (χ1v) is 5.81. The third kappa shape index (κ3) is 2.79. The van der Waals surface area contributed by atoms with Crippen molar-refractivity contribution in [2.24, 2.45) is 7.05 Å². The summed E-state index contributed by atoms with van der Waals surface area (Å²) in [5, 5.41) is 15.1. The Kier molecular flexibility index (Phi) is 3.50. The van der Waals surface area contributed by atoms with Gasteiger partial charge in [0, 0.05) is 13.2 Å². The number of anilines is 1. The molecule has 0 spiro atoms. The van der Waals surface area contributed by atoms with Crippen molar-refractivity contribution in [3.05, 3.63) is 11.9 Å². The number of amides is 1. The molecule has 7 heteroatoms. The summed E-state index contributed by atoms with van der Waals surface area (Å²) < 4.78 is 6.51. The number of ether oxygens (including phenoxy) is 1. The third-order valence-electron chi connectivity index (χ3n) is 2.84. The van der Waals surface area contributed by atoms with Crippen LogP contribution >= 0.6 is 0 Å². The predicted octanol–water partition coefficient (Wildman–Crippen LogP) is 1.61. The quantitative estimate of drug-likeness (QED) is 0.853. The van der Waals surface area contributed by atoms with Crippen LogP contribution in [0.15, 0.2) is 6.20 Å². The van der Waals surface area contributed by atoms with Crippen LogP contribution in [-0.4, -0.2) is 33.1 Å². The van der Waals surface area contributed by atoms with E-state index in [9.17, 15) is 9.59 Å². The fourth-order valence-corrected chi connectivity index (χ4v) is 2.03. The van der Waals surface area contributed by atoms with Crippen LogP contribution < -0.4 is 5.32 Å². The molecular weight excluding hydrogens is 238 g/mol. The molecule has 0 bridgehead atoms. The monoisotopic (exact) mass is 253 g/mol. The Bertz CT molecular complexity index is 463. The van der Waals surface area contributed by atoms with Gasteiger partial charge in [-0.05, 0) is 25.7 Å². The molecule has 1 amide bonds.